The molecule has 0 aliphatic rings. The van der Waals surface area contributed by atoms with E-state index in [0.717, 1.165) is 5.57 Å². The van der Waals surface area contributed by atoms with Crippen molar-refractivity contribution >= 4 is 0 Å². The molecule has 3 aromatic carbocycles. The van der Waals surface area contributed by atoms with Crippen LogP contribution in [0.4, 0.5) is 0 Å². The summed E-state index contributed by atoms with van der Waals surface area (Å²) < 4.78 is 0. The van der Waals surface area contributed by atoms with Crippen LogP contribution in [0.15, 0.2) is 122 Å². The van der Waals surface area contributed by atoms with Crippen LogP contribution in [-0.2, 0) is 5.41 Å². The summed E-state index contributed by atoms with van der Waals surface area (Å²) in [5, 5.41) is 0. The number of hydrogen-bond donors (Lipinski definition) is 0. The number of rotatable bonds is 6. The SMILES string of the molecule is C=C/C=C(\C=C)C(c1ccccc1)(c1ccccc1)c1ccc(C)cc1. The molecule has 0 radical (unpaired) electrons. The van der Waals surface area contributed by atoms with Gasteiger partial charge in [0, 0.05) is 0 Å². The molecule has 0 unspecified atom stereocenters. The zero-order chi connectivity index (χ0) is 18.4. The lowest BCUT2D eigenvalue weighted by Gasteiger charge is -2.37. The van der Waals surface area contributed by atoms with E-state index >= 15 is 0 Å². The van der Waals surface area contributed by atoms with Gasteiger partial charge in [-0.05, 0) is 29.2 Å². The van der Waals surface area contributed by atoms with Crippen molar-refractivity contribution in [1.29, 1.82) is 0 Å². The van der Waals surface area contributed by atoms with E-state index in [4.69, 9.17) is 0 Å². The van der Waals surface area contributed by atoms with E-state index in [1.807, 2.05) is 12.2 Å². The van der Waals surface area contributed by atoms with Crippen molar-refractivity contribution in [3.63, 3.8) is 0 Å². The predicted octanol–water partition coefficient (Wildman–Crippen LogP) is 6.63. The Labute approximate surface area is 156 Å². The number of aryl methyl sites for hydroxylation is 1. The van der Waals surface area contributed by atoms with E-state index < -0.39 is 5.41 Å². The summed E-state index contributed by atoms with van der Waals surface area (Å²) in [6.45, 7) is 10.2. The van der Waals surface area contributed by atoms with Crippen LogP contribution in [0.25, 0.3) is 0 Å². The lowest BCUT2D eigenvalue weighted by molar-refractivity contribution is 0.744. The summed E-state index contributed by atoms with van der Waals surface area (Å²) in [5.41, 5.74) is 5.55. The maximum absolute atomic E-state index is 4.12. The minimum absolute atomic E-state index is 0.438. The molecule has 26 heavy (non-hydrogen) atoms. The predicted molar refractivity (Wildman–Crippen MR) is 112 cm³/mol. The second-order valence-electron chi connectivity index (χ2n) is 6.41. The van der Waals surface area contributed by atoms with Crippen LogP contribution in [0.3, 0.4) is 0 Å². The molecule has 128 valence electrons. The fourth-order valence-corrected chi connectivity index (χ4v) is 3.65. The average Bonchev–Trinajstić information content (AvgIpc) is 2.70. The monoisotopic (exact) mass is 336 g/mol. The minimum Gasteiger partial charge on any atom is -0.0991 e. The quantitative estimate of drug-likeness (QED) is 0.350. The molecule has 0 fully saturated rings. The summed E-state index contributed by atoms with van der Waals surface area (Å²) in [5.74, 6) is 0. The highest BCUT2D eigenvalue weighted by atomic mass is 14.4. The lowest BCUT2D eigenvalue weighted by Crippen LogP contribution is -2.31. The Morgan fingerprint density at radius 1 is 0.692 bits per heavy atom. The van der Waals surface area contributed by atoms with Crippen molar-refractivity contribution in [2.24, 2.45) is 0 Å². The Bertz CT molecular complexity index is 858. The van der Waals surface area contributed by atoms with Gasteiger partial charge in [0.25, 0.3) is 0 Å². The highest BCUT2D eigenvalue weighted by Gasteiger charge is 2.38. The Hall–Kier alpha value is -3.12. The molecular weight excluding hydrogens is 312 g/mol. The van der Waals surface area contributed by atoms with Gasteiger partial charge >= 0.3 is 0 Å². The van der Waals surface area contributed by atoms with Crippen molar-refractivity contribution in [3.8, 4) is 0 Å². The third-order valence-corrected chi connectivity index (χ3v) is 4.85. The third-order valence-electron chi connectivity index (χ3n) is 4.85. The van der Waals surface area contributed by atoms with E-state index in [9.17, 15) is 0 Å². The molecule has 0 aromatic heterocycles. The van der Waals surface area contributed by atoms with Gasteiger partial charge in [0.15, 0.2) is 0 Å². The van der Waals surface area contributed by atoms with Gasteiger partial charge in [-0.15, -0.1) is 0 Å². The number of allylic oxidation sites excluding steroid dienone is 4. The molecule has 0 nitrogen and oxygen atoms in total. The van der Waals surface area contributed by atoms with Crippen LogP contribution < -0.4 is 0 Å². The first-order valence-electron chi connectivity index (χ1n) is 8.87. The van der Waals surface area contributed by atoms with Crippen molar-refractivity contribution in [2.75, 3.05) is 0 Å². The van der Waals surface area contributed by atoms with Crippen molar-refractivity contribution < 1.29 is 0 Å². The first kappa shape index (κ1) is 17.7. The van der Waals surface area contributed by atoms with Gasteiger partial charge in [-0.3, -0.25) is 0 Å². The van der Waals surface area contributed by atoms with E-state index in [0.29, 0.717) is 0 Å². The topological polar surface area (TPSA) is 0 Å². The lowest BCUT2D eigenvalue weighted by atomic mass is 9.64. The summed E-state index contributed by atoms with van der Waals surface area (Å²) in [6, 6.07) is 30.0. The highest BCUT2D eigenvalue weighted by Crippen LogP contribution is 2.45. The van der Waals surface area contributed by atoms with Crippen molar-refractivity contribution in [2.45, 2.75) is 12.3 Å². The maximum atomic E-state index is 4.12. The van der Waals surface area contributed by atoms with Crippen LogP contribution in [-0.4, -0.2) is 0 Å². The third kappa shape index (κ3) is 3.07. The van der Waals surface area contributed by atoms with Gasteiger partial charge in [0.05, 0.1) is 5.41 Å². The summed E-state index contributed by atoms with van der Waals surface area (Å²) in [4.78, 5) is 0. The number of benzene rings is 3. The van der Waals surface area contributed by atoms with E-state index in [1.165, 1.54) is 22.3 Å². The second-order valence-corrected chi connectivity index (χ2v) is 6.41. The first-order valence-corrected chi connectivity index (χ1v) is 8.87. The second kappa shape index (κ2) is 7.84. The van der Waals surface area contributed by atoms with Crippen LogP contribution in [0.5, 0.6) is 0 Å². The Balaban J connectivity index is 2.46. The molecular formula is C26H24. The summed E-state index contributed by atoms with van der Waals surface area (Å²) in [6.07, 6.45) is 5.85. The van der Waals surface area contributed by atoms with E-state index in [2.05, 4.69) is 111 Å². The molecule has 0 heteroatoms. The van der Waals surface area contributed by atoms with E-state index in [-0.39, 0.29) is 0 Å². The molecule has 0 spiro atoms. The standard InChI is InChI=1S/C26H24/c1-4-12-22(5-2)26(23-13-8-6-9-14-23,24-15-10-7-11-16-24)25-19-17-21(3)18-20-25/h4-20H,1-2H2,3H3/b22-12+. The van der Waals surface area contributed by atoms with Gasteiger partial charge in [0.1, 0.15) is 0 Å². The Morgan fingerprint density at radius 2 is 1.15 bits per heavy atom. The molecule has 0 aliphatic carbocycles. The average molecular weight is 336 g/mol. The Morgan fingerprint density at radius 3 is 1.58 bits per heavy atom. The fourth-order valence-electron chi connectivity index (χ4n) is 3.65. The molecule has 3 rings (SSSR count). The van der Waals surface area contributed by atoms with Gasteiger partial charge in [0.2, 0.25) is 0 Å². The molecule has 0 N–H and O–H groups in total. The van der Waals surface area contributed by atoms with Gasteiger partial charge in [-0.2, -0.15) is 0 Å². The molecule has 0 bridgehead atoms. The molecule has 3 aromatic rings. The maximum Gasteiger partial charge on any atom is 0.0701 e. The molecule has 0 saturated heterocycles. The van der Waals surface area contributed by atoms with Gasteiger partial charge in [-0.25, -0.2) is 0 Å². The van der Waals surface area contributed by atoms with Crippen molar-refractivity contribution in [1.82, 2.24) is 0 Å². The zero-order valence-corrected chi connectivity index (χ0v) is 15.2. The van der Waals surface area contributed by atoms with Crippen LogP contribution >= 0.6 is 0 Å². The van der Waals surface area contributed by atoms with Gasteiger partial charge in [-0.1, -0.05) is 122 Å². The molecule has 0 amide bonds. The van der Waals surface area contributed by atoms with Crippen molar-refractivity contribution in [3.05, 3.63) is 144 Å². The van der Waals surface area contributed by atoms with Gasteiger partial charge < -0.3 is 0 Å². The van der Waals surface area contributed by atoms with E-state index in [1.54, 1.807) is 0 Å². The minimum atomic E-state index is -0.438. The number of hydrogen-bond acceptors (Lipinski definition) is 0. The molecule has 0 atom stereocenters. The zero-order valence-electron chi connectivity index (χ0n) is 15.2. The summed E-state index contributed by atoms with van der Waals surface area (Å²) in [7, 11) is 0. The smallest absolute Gasteiger partial charge is 0.0701 e. The van der Waals surface area contributed by atoms with Crippen LogP contribution in [0, 0.1) is 6.92 Å². The summed E-state index contributed by atoms with van der Waals surface area (Å²) >= 11 is 0. The molecule has 0 saturated carbocycles. The van der Waals surface area contributed by atoms with Crippen LogP contribution in [0.1, 0.15) is 22.3 Å². The molecule has 0 aliphatic heterocycles. The molecule has 0 heterocycles. The Kier molecular flexibility index (Phi) is 5.34. The first-order chi connectivity index (χ1) is 12.7. The largest absolute Gasteiger partial charge is 0.0991 e. The normalized spacial score (nSPS) is 11.8. The highest BCUT2D eigenvalue weighted by molar-refractivity contribution is 5.61. The fraction of sp³-hybridized carbons (Fsp3) is 0.0769. The van der Waals surface area contributed by atoms with Crippen LogP contribution in [0.2, 0.25) is 0 Å².